The molecule has 0 spiro atoms. The van der Waals surface area contributed by atoms with E-state index in [2.05, 4.69) is 10.3 Å². The van der Waals surface area contributed by atoms with Crippen LogP contribution < -0.4 is 0 Å². The smallest absolute Gasteiger partial charge is 0.229 e. The molecule has 0 radical (unpaired) electrons. The minimum absolute atomic E-state index is 0.153. The molecule has 1 saturated carbocycles. The molecule has 3 heterocycles. The number of amides is 1. The molecule has 1 aliphatic carbocycles. The lowest BCUT2D eigenvalue weighted by molar-refractivity contribution is -0.134. The van der Waals surface area contributed by atoms with Gasteiger partial charge in [-0.2, -0.15) is 10.1 Å². The normalized spacial score (nSPS) is 22.6. The monoisotopic (exact) mass is 387 g/mol. The average Bonchev–Trinajstić information content (AvgIpc) is 3.28. The lowest BCUT2D eigenvalue weighted by Gasteiger charge is -2.41. The van der Waals surface area contributed by atoms with E-state index in [9.17, 15) is 4.79 Å². The van der Waals surface area contributed by atoms with E-state index in [0.29, 0.717) is 32.0 Å². The first-order valence-electron chi connectivity index (χ1n) is 10.2. The molecule has 2 aromatic heterocycles. The van der Waals surface area contributed by atoms with E-state index in [1.54, 1.807) is 7.11 Å². The van der Waals surface area contributed by atoms with Crippen molar-refractivity contribution < 1.29 is 14.1 Å². The highest BCUT2D eigenvalue weighted by Crippen LogP contribution is 2.41. The van der Waals surface area contributed by atoms with E-state index in [1.165, 1.54) is 0 Å². The summed E-state index contributed by atoms with van der Waals surface area (Å²) < 4.78 is 12.7. The van der Waals surface area contributed by atoms with Crippen LogP contribution in [-0.4, -0.2) is 57.5 Å². The Hall–Kier alpha value is -2.22. The van der Waals surface area contributed by atoms with Crippen molar-refractivity contribution in [1.82, 2.24) is 24.8 Å². The molecule has 8 nitrogen and oxygen atoms in total. The number of carbonyl (C=O) groups is 1. The number of nitrogens with zero attached hydrogens (tertiary/aromatic N) is 5. The van der Waals surface area contributed by atoms with Crippen LogP contribution in [0.2, 0.25) is 0 Å². The zero-order valence-electron chi connectivity index (χ0n) is 16.8. The van der Waals surface area contributed by atoms with E-state index < -0.39 is 0 Å². The lowest BCUT2D eigenvalue weighted by atomic mass is 9.76. The minimum Gasteiger partial charge on any atom is -0.385 e. The molecule has 0 aromatic carbocycles. The van der Waals surface area contributed by atoms with Gasteiger partial charge in [-0.25, -0.2) is 0 Å². The number of carbonyl (C=O) groups excluding carboxylic acids is 1. The fraction of sp³-hybridized carbons (Fsp3) is 0.700. The van der Waals surface area contributed by atoms with Crippen molar-refractivity contribution in [2.24, 2.45) is 0 Å². The second-order valence-corrected chi connectivity index (χ2v) is 8.20. The molecule has 2 fully saturated rings. The van der Waals surface area contributed by atoms with Crippen LogP contribution in [0.5, 0.6) is 0 Å². The first-order chi connectivity index (χ1) is 13.6. The molecule has 28 heavy (non-hydrogen) atoms. The van der Waals surface area contributed by atoms with Gasteiger partial charge >= 0.3 is 0 Å². The minimum atomic E-state index is -0.289. The molecule has 1 unspecified atom stereocenters. The number of hydrogen-bond acceptors (Lipinski definition) is 6. The fourth-order valence-electron chi connectivity index (χ4n) is 4.04. The zero-order valence-corrected chi connectivity index (χ0v) is 16.8. The second kappa shape index (κ2) is 8.03. The first-order valence-corrected chi connectivity index (χ1v) is 10.2. The molecule has 2 aliphatic rings. The highest BCUT2D eigenvalue weighted by Gasteiger charge is 2.43. The number of hydrogen-bond donors (Lipinski definition) is 0. The maximum Gasteiger partial charge on any atom is 0.229 e. The number of rotatable bonds is 8. The van der Waals surface area contributed by atoms with Gasteiger partial charge in [0, 0.05) is 51.9 Å². The Morgan fingerprint density at radius 2 is 2.29 bits per heavy atom. The molecule has 4 rings (SSSR count). The number of likely N-dealkylation sites (tertiary alicyclic amines) is 1. The third-order valence-electron chi connectivity index (χ3n) is 5.87. The lowest BCUT2D eigenvalue weighted by Crippen LogP contribution is -2.49. The molecular weight excluding hydrogens is 358 g/mol. The van der Waals surface area contributed by atoms with Gasteiger partial charge in [0.05, 0.1) is 11.6 Å². The molecule has 2 aromatic rings. The summed E-state index contributed by atoms with van der Waals surface area (Å²) in [5, 5.41) is 8.59. The van der Waals surface area contributed by atoms with Crippen molar-refractivity contribution >= 4 is 5.91 Å². The molecule has 152 valence electrons. The highest BCUT2D eigenvalue weighted by atomic mass is 16.5. The van der Waals surface area contributed by atoms with Gasteiger partial charge in [-0.3, -0.25) is 9.48 Å². The Kier molecular flexibility index (Phi) is 5.48. The van der Waals surface area contributed by atoms with Crippen molar-refractivity contribution in [2.45, 2.75) is 63.3 Å². The van der Waals surface area contributed by atoms with Gasteiger partial charge in [-0.1, -0.05) is 5.16 Å². The summed E-state index contributed by atoms with van der Waals surface area (Å²) in [6, 6.07) is 0. The van der Waals surface area contributed by atoms with Gasteiger partial charge in [-0.05, 0) is 44.6 Å². The van der Waals surface area contributed by atoms with Gasteiger partial charge in [-0.15, -0.1) is 0 Å². The van der Waals surface area contributed by atoms with Crippen LogP contribution in [0.25, 0.3) is 0 Å². The number of piperidine rings is 1. The zero-order chi connectivity index (χ0) is 19.6. The summed E-state index contributed by atoms with van der Waals surface area (Å²) in [5.74, 6) is 2.08. The van der Waals surface area contributed by atoms with Crippen LogP contribution in [0.1, 0.15) is 61.7 Å². The van der Waals surface area contributed by atoms with Crippen LogP contribution in [0, 0.1) is 6.92 Å². The molecule has 1 atom stereocenters. The predicted molar refractivity (Wildman–Crippen MR) is 102 cm³/mol. The van der Waals surface area contributed by atoms with Crippen molar-refractivity contribution in [3.8, 4) is 0 Å². The van der Waals surface area contributed by atoms with Gasteiger partial charge < -0.3 is 14.2 Å². The summed E-state index contributed by atoms with van der Waals surface area (Å²) in [6.07, 6.45) is 9.15. The maximum absolute atomic E-state index is 12.9. The average molecular weight is 387 g/mol. The van der Waals surface area contributed by atoms with E-state index >= 15 is 0 Å². The van der Waals surface area contributed by atoms with Crippen molar-refractivity contribution in [2.75, 3.05) is 26.8 Å². The molecule has 1 aliphatic heterocycles. The summed E-state index contributed by atoms with van der Waals surface area (Å²) in [6.45, 7) is 4.61. The molecular formula is C20H29N5O3. The first kappa shape index (κ1) is 19.1. The summed E-state index contributed by atoms with van der Waals surface area (Å²) in [4.78, 5) is 19.6. The maximum atomic E-state index is 12.9. The van der Waals surface area contributed by atoms with E-state index in [0.717, 1.165) is 55.9 Å². The highest BCUT2D eigenvalue weighted by molar-refractivity contribution is 5.76. The number of methoxy groups -OCH3 is 1. The topological polar surface area (TPSA) is 86.3 Å². The largest absolute Gasteiger partial charge is 0.385 e. The molecule has 0 N–H and O–H groups in total. The van der Waals surface area contributed by atoms with Crippen LogP contribution in [0.4, 0.5) is 0 Å². The molecule has 0 bridgehead atoms. The summed E-state index contributed by atoms with van der Waals surface area (Å²) in [5.41, 5.74) is 0.815. The van der Waals surface area contributed by atoms with Gasteiger partial charge in [0.15, 0.2) is 5.82 Å². The van der Waals surface area contributed by atoms with Crippen LogP contribution in [-0.2, 0) is 21.5 Å². The number of aryl methyl sites for hydroxylation is 2. The van der Waals surface area contributed by atoms with E-state index in [-0.39, 0.29) is 11.3 Å². The molecule has 1 amide bonds. The van der Waals surface area contributed by atoms with Gasteiger partial charge in [0.2, 0.25) is 11.8 Å². The second-order valence-electron chi connectivity index (χ2n) is 8.20. The molecule has 1 saturated heterocycles. The Labute approximate surface area is 165 Å². The van der Waals surface area contributed by atoms with Gasteiger partial charge in [0.1, 0.15) is 0 Å². The third kappa shape index (κ3) is 4.11. The summed E-state index contributed by atoms with van der Waals surface area (Å²) >= 11 is 0. The number of ether oxygens (including phenoxy) is 1. The van der Waals surface area contributed by atoms with Crippen LogP contribution >= 0.6 is 0 Å². The quantitative estimate of drug-likeness (QED) is 0.691. The Morgan fingerprint density at radius 1 is 1.43 bits per heavy atom. The van der Waals surface area contributed by atoms with Crippen molar-refractivity contribution in [1.29, 1.82) is 0 Å². The standard InChI is InChI=1S/C20H29N5O3/c1-15-12-21-25(13-15)10-6-17(26)24-9-3-7-20(14-24,8-11-27-2)19-22-18(28-23-19)16-4-5-16/h12-13,16H,3-11,14H2,1-2H3. The third-order valence-corrected chi connectivity index (χ3v) is 5.87. The predicted octanol–water partition coefficient (Wildman–Crippen LogP) is 2.44. The molecule has 8 heteroatoms. The Bertz CT molecular complexity index is 812. The SMILES string of the molecule is COCCC1(c2noc(C3CC3)n2)CCCN(C(=O)CCn2cc(C)cn2)C1. The Balaban J connectivity index is 1.46. The van der Waals surface area contributed by atoms with Gasteiger partial charge in [0.25, 0.3) is 0 Å². The van der Waals surface area contributed by atoms with Crippen LogP contribution in [0.15, 0.2) is 16.9 Å². The van der Waals surface area contributed by atoms with E-state index in [4.69, 9.17) is 14.2 Å². The van der Waals surface area contributed by atoms with Crippen molar-refractivity contribution in [3.05, 3.63) is 29.7 Å². The Morgan fingerprint density at radius 3 is 3.00 bits per heavy atom. The fourth-order valence-corrected chi connectivity index (χ4v) is 4.04. The number of aromatic nitrogens is 4. The van der Waals surface area contributed by atoms with Crippen molar-refractivity contribution in [3.63, 3.8) is 0 Å². The van der Waals surface area contributed by atoms with Crippen LogP contribution in [0.3, 0.4) is 0 Å². The summed E-state index contributed by atoms with van der Waals surface area (Å²) in [7, 11) is 1.71. The van der Waals surface area contributed by atoms with E-state index in [1.807, 2.05) is 28.9 Å².